The molecule has 2 N–H and O–H groups in total. The Hall–Kier alpha value is -1.47. The van der Waals surface area contributed by atoms with E-state index in [-0.39, 0.29) is 0 Å². The Bertz CT molecular complexity index is 506. The van der Waals surface area contributed by atoms with Crippen molar-refractivity contribution in [1.29, 1.82) is 0 Å². The Kier molecular flexibility index (Phi) is 8.19. The van der Waals surface area contributed by atoms with Crippen LogP contribution in [0, 0.1) is 0 Å². The fourth-order valence-electron chi connectivity index (χ4n) is 1.98. The largest absolute Gasteiger partial charge is 0.401 e. The molecule has 0 atom stereocenters. The maximum Gasteiger partial charge on any atom is 0.401 e. The van der Waals surface area contributed by atoms with Crippen molar-refractivity contribution in [2.75, 3.05) is 33.7 Å². The van der Waals surface area contributed by atoms with Crippen molar-refractivity contribution in [1.82, 2.24) is 15.5 Å². The lowest BCUT2D eigenvalue weighted by molar-refractivity contribution is -0.143. The van der Waals surface area contributed by atoms with Gasteiger partial charge in [0.1, 0.15) is 0 Å². The smallest absolute Gasteiger partial charge is 0.356 e. The molecule has 0 amide bonds. The van der Waals surface area contributed by atoms with E-state index in [4.69, 9.17) is 11.6 Å². The molecule has 0 aliphatic carbocycles. The minimum Gasteiger partial charge on any atom is -0.356 e. The third-order valence-corrected chi connectivity index (χ3v) is 3.45. The predicted molar refractivity (Wildman–Crippen MR) is 87.8 cm³/mol. The van der Waals surface area contributed by atoms with Gasteiger partial charge in [-0.2, -0.15) is 13.2 Å². The highest BCUT2D eigenvalue weighted by atomic mass is 35.5. The van der Waals surface area contributed by atoms with Gasteiger partial charge in [-0.05, 0) is 31.6 Å². The Morgan fingerprint density at radius 3 is 2.57 bits per heavy atom. The van der Waals surface area contributed by atoms with Crippen LogP contribution in [-0.4, -0.2) is 50.8 Å². The second-order valence-corrected chi connectivity index (χ2v) is 5.56. The molecular formula is C15H22ClF3N4. The summed E-state index contributed by atoms with van der Waals surface area (Å²) in [5, 5.41) is 6.85. The van der Waals surface area contributed by atoms with Crippen molar-refractivity contribution in [2.24, 2.45) is 4.99 Å². The van der Waals surface area contributed by atoms with Gasteiger partial charge in [-0.1, -0.05) is 29.8 Å². The van der Waals surface area contributed by atoms with Crippen molar-refractivity contribution < 1.29 is 13.2 Å². The van der Waals surface area contributed by atoms with Crippen LogP contribution in [0.3, 0.4) is 0 Å². The molecule has 0 bridgehead atoms. The van der Waals surface area contributed by atoms with Crippen LogP contribution in [0.25, 0.3) is 0 Å². The van der Waals surface area contributed by atoms with Crippen LogP contribution >= 0.6 is 11.6 Å². The molecule has 1 aromatic carbocycles. The number of guanidine groups is 1. The van der Waals surface area contributed by atoms with Crippen LogP contribution in [0.2, 0.25) is 5.02 Å². The predicted octanol–water partition coefficient (Wildman–Crippen LogP) is 2.89. The first-order valence-electron chi connectivity index (χ1n) is 7.25. The summed E-state index contributed by atoms with van der Waals surface area (Å²) < 4.78 is 36.6. The fourth-order valence-corrected chi connectivity index (χ4v) is 2.18. The average Bonchev–Trinajstić information content (AvgIpc) is 2.46. The second-order valence-electron chi connectivity index (χ2n) is 5.15. The molecule has 4 nitrogen and oxygen atoms in total. The average molecular weight is 351 g/mol. The topological polar surface area (TPSA) is 39.7 Å². The fraction of sp³-hybridized carbons (Fsp3) is 0.533. The zero-order valence-electron chi connectivity index (χ0n) is 13.3. The van der Waals surface area contributed by atoms with Gasteiger partial charge in [0.25, 0.3) is 0 Å². The molecular weight excluding hydrogens is 329 g/mol. The summed E-state index contributed by atoms with van der Waals surface area (Å²) in [5.74, 6) is 0.586. The van der Waals surface area contributed by atoms with E-state index in [2.05, 4.69) is 15.6 Å². The van der Waals surface area contributed by atoms with E-state index >= 15 is 0 Å². The van der Waals surface area contributed by atoms with Gasteiger partial charge >= 0.3 is 6.18 Å². The Labute approximate surface area is 139 Å². The highest BCUT2D eigenvalue weighted by Crippen LogP contribution is 2.15. The van der Waals surface area contributed by atoms with Crippen LogP contribution in [0.5, 0.6) is 0 Å². The van der Waals surface area contributed by atoms with Gasteiger partial charge in [0.15, 0.2) is 5.96 Å². The summed E-state index contributed by atoms with van der Waals surface area (Å²) in [6, 6.07) is 7.48. The molecule has 0 saturated heterocycles. The Balaban J connectivity index is 2.26. The summed E-state index contributed by atoms with van der Waals surface area (Å²) in [6.07, 6.45) is -3.58. The first-order valence-corrected chi connectivity index (χ1v) is 7.63. The van der Waals surface area contributed by atoms with Gasteiger partial charge in [-0.25, -0.2) is 0 Å². The van der Waals surface area contributed by atoms with Crippen LogP contribution < -0.4 is 10.6 Å². The summed E-state index contributed by atoms with van der Waals surface area (Å²) in [4.78, 5) is 5.32. The molecule has 0 spiro atoms. The minimum absolute atomic E-state index is 0.355. The summed E-state index contributed by atoms with van der Waals surface area (Å²) in [6.45, 7) is 0.512. The van der Waals surface area contributed by atoms with Gasteiger partial charge < -0.3 is 10.6 Å². The molecule has 0 aromatic heterocycles. The highest BCUT2D eigenvalue weighted by Gasteiger charge is 2.28. The van der Waals surface area contributed by atoms with Gasteiger partial charge in [-0.3, -0.25) is 9.89 Å². The number of aliphatic imine (C=N–C) groups is 1. The molecule has 130 valence electrons. The van der Waals surface area contributed by atoms with E-state index in [1.807, 2.05) is 24.3 Å². The molecule has 0 radical (unpaired) electrons. The number of nitrogens with zero attached hydrogens (tertiary/aromatic N) is 2. The third kappa shape index (κ3) is 8.66. The van der Waals surface area contributed by atoms with Gasteiger partial charge in [-0.15, -0.1) is 0 Å². The number of hydrogen-bond acceptors (Lipinski definition) is 2. The Morgan fingerprint density at radius 2 is 1.96 bits per heavy atom. The molecule has 1 rings (SSSR count). The maximum atomic E-state index is 12.2. The first-order chi connectivity index (χ1) is 10.8. The molecule has 0 aliphatic rings. The normalized spacial score (nSPS) is 12.6. The van der Waals surface area contributed by atoms with E-state index in [0.717, 1.165) is 5.56 Å². The van der Waals surface area contributed by atoms with Crippen molar-refractivity contribution in [3.63, 3.8) is 0 Å². The molecule has 0 saturated carbocycles. The van der Waals surface area contributed by atoms with E-state index in [1.165, 1.54) is 11.9 Å². The summed E-state index contributed by atoms with van der Waals surface area (Å²) >= 11 is 6.07. The monoisotopic (exact) mass is 350 g/mol. The molecule has 0 aliphatic heterocycles. The van der Waals surface area contributed by atoms with Crippen LogP contribution in [-0.2, 0) is 6.54 Å². The number of hydrogen-bond donors (Lipinski definition) is 2. The Morgan fingerprint density at radius 1 is 1.26 bits per heavy atom. The van der Waals surface area contributed by atoms with Crippen molar-refractivity contribution in [2.45, 2.75) is 19.1 Å². The number of benzene rings is 1. The first kappa shape index (κ1) is 19.6. The van der Waals surface area contributed by atoms with Crippen molar-refractivity contribution in [3.8, 4) is 0 Å². The standard InChI is InChI=1S/C15H22ClF3N4/c1-20-14(22-10-12-6-3-4-7-13(12)16)21-8-5-9-23(2)11-15(17,18)19/h3-4,6-7H,5,8-11H2,1-2H3,(H2,20,21,22). The lowest BCUT2D eigenvalue weighted by Gasteiger charge is -2.19. The van der Waals surface area contributed by atoms with Crippen molar-refractivity contribution >= 4 is 17.6 Å². The molecule has 1 aromatic rings. The van der Waals surface area contributed by atoms with Crippen LogP contribution in [0.1, 0.15) is 12.0 Å². The lowest BCUT2D eigenvalue weighted by Crippen LogP contribution is -2.39. The van der Waals surface area contributed by atoms with E-state index < -0.39 is 12.7 Å². The molecule has 0 fully saturated rings. The van der Waals surface area contributed by atoms with Crippen LogP contribution in [0.4, 0.5) is 13.2 Å². The van der Waals surface area contributed by atoms with Gasteiger partial charge in [0.2, 0.25) is 0 Å². The lowest BCUT2D eigenvalue weighted by atomic mass is 10.2. The van der Waals surface area contributed by atoms with Crippen LogP contribution in [0.15, 0.2) is 29.3 Å². The van der Waals surface area contributed by atoms with Crippen molar-refractivity contribution in [3.05, 3.63) is 34.9 Å². The van der Waals surface area contributed by atoms with E-state index in [9.17, 15) is 13.2 Å². The second kappa shape index (κ2) is 9.62. The number of rotatable bonds is 7. The minimum atomic E-state index is -4.16. The molecule has 23 heavy (non-hydrogen) atoms. The van der Waals surface area contributed by atoms with Gasteiger partial charge in [0.05, 0.1) is 6.54 Å². The number of alkyl halides is 3. The molecule has 8 heteroatoms. The van der Waals surface area contributed by atoms with E-state index in [0.29, 0.717) is 37.0 Å². The molecule has 0 unspecified atom stereocenters. The number of nitrogens with one attached hydrogen (secondary N) is 2. The maximum absolute atomic E-state index is 12.2. The SMILES string of the molecule is CN=C(NCCCN(C)CC(F)(F)F)NCc1ccccc1Cl. The zero-order chi connectivity index (χ0) is 17.3. The highest BCUT2D eigenvalue weighted by molar-refractivity contribution is 6.31. The summed E-state index contributed by atoms with van der Waals surface area (Å²) in [7, 11) is 3.09. The third-order valence-electron chi connectivity index (χ3n) is 3.09. The quantitative estimate of drug-likeness (QED) is 0.451. The number of halogens is 4. The zero-order valence-corrected chi connectivity index (χ0v) is 14.0. The van der Waals surface area contributed by atoms with Gasteiger partial charge in [0, 0.05) is 25.2 Å². The van der Waals surface area contributed by atoms with E-state index in [1.54, 1.807) is 7.05 Å². The summed E-state index contributed by atoms with van der Waals surface area (Å²) in [5.41, 5.74) is 0.946. The molecule has 0 heterocycles.